The molecular formula is C20H19NO4. The number of amides is 1. The Morgan fingerprint density at radius 2 is 1.80 bits per heavy atom. The van der Waals surface area contributed by atoms with E-state index in [-0.39, 0.29) is 13.2 Å². The van der Waals surface area contributed by atoms with Gasteiger partial charge in [0.15, 0.2) is 6.04 Å². The summed E-state index contributed by atoms with van der Waals surface area (Å²) in [4.78, 5) is 25.1. The van der Waals surface area contributed by atoms with Crippen molar-refractivity contribution in [2.24, 2.45) is 0 Å². The summed E-state index contributed by atoms with van der Waals surface area (Å²) >= 11 is 0. The lowest BCUT2D eigenvalue weighted by atomic mass is 10.0. The molecule has 5 nitrogen and oxygen atoms in total. The quantitative estimate of drug-likeness (QED) is 0.927. The van der Waals surface area contributed by atoms with Crippen LogP contribution in [-0.2, 0) is 16.1 Å². The van der Waals surface area contributed by atoms with Crippen molar-refractivity contribution in [3.8, 4) is 0 Å². The summed E-state index contributed by atoms with van der Waals surface area (Å²) in [7, 11) is 0. The second-order valence-electron chi connectivity index (χ2n) is 6.01. The molecule has 1 N–H and O–H groups in total. The van der Waals surface area contributed by atoms with Gasteiger partial charge in [0, 0.05) is 0 Å². The first-order valence-corrected chi connectivity index (χ1v) is 8.02. The van der Waals surface area contributed by atoms with Crippen LogP contribution in [0.4, 0.5) is 4.79 Å². The zero-order chi connectivity index (χ0) is 17.8. The fraction of sp³-hybridized carbons (Fsp3) is 0.200. The van der Waals surface area contributed by atoms with Gasteiger partial charge < -0.3 is 9.84 Å². The summed E-state index contributed by atoms with van der Waals surface area (Å²) in [6, 6.07) is 16.1. The number of carbonyl (C=O) groups excluding carboxylic acids is 1. The number of hydrogen-bond acceptors (Lipinski definition) is 3. The number of carboxylic acids is 1. The normalized spacial score (nSPS) is 16.4. The first kappa shape index (κ1) is 16.8. The monoisotopic (exact) mass is 337 g/mol. The van der Waals surface area contributed by atoms with Crippen molar-refractivity contribution in [2.45, 2.75) is 19.6 Å². The van der Waals surface area contributed by atoms with E-state index in [0.717, 1.165) is 22.3 Å². The third-order valence-corrected chi connectivity index (χ3v) is 4.15. The maximum atomic E-state index is 12.4. The number of carbonyl (C=O) groups is 2. The zero-order valence-electron chi connectivity index (χ0n) is 13.9. The molecule has 0 radical (unpaired) electrons. The van der Waals surface area contributed by atoms with Crippen LogP contribution in [-0.4, -0.2) is 34.7 Å². The van der Waals surface area contributed by atoms with E-state index < -0.39 is 18.1 Å². The van der Waals surface area contributed by atoms with Crippen molar-refractivity contribution in [2.75, 3.05) is 6.54 Å². The molecule has 0 saturated carbocycles. The van der Waals surface area contributed by atoms with Crippen LogP contribution in [0.2, 0.25) is 0 Å². The van der Waals surface area contributed by atoms with E-state index in [1.54, 1.807) is 6.08 Å². The Morgan fingerprint density at radius 3 is 2.44 bits per heavy atom. The molecule has 1 aliphatic rings. The largest absolute Gasteiger partial charge is 0.479 e. The Labute approximate surface area is 146 Å². The molecule has 25 heavy (non-hydrogen) atoms. The van der Waals surface area contributed by atoms with Gasteiger partial charge in [-0.1, -0.05) is 60.2 Å². The molecule has 2 aromatic carbocycles. The molecule has 1 amide bonds. The van der Waals surface area contributed by atoms with Crippen LogP contribution < -0.4 is 0 Å². The number of benzene rings is 2. The van der Waals surface area contributed by atoms with Crippen molar-refractivity contribution in [3.05, 3.63) is 77.4 Å². The first-order valence-electron chi connectivity index (χ1n) is 8.02. The first-order chi connectivity index (χ1) is 12.0. The van der Waals surface area contributed by atoms with Crippen molar-refractivity contribution >= 4 is 17.6 Å². The van der Waals surface area contributed by atoms with Crippen LogP contribution in [0.25, 0.3) is 5.57 Å². The number of hydrogen-bond donors (Lipinski definition) is 1. The van der Waals surface area contributed by atoms with Crippen LogP contribution in [0.1, 0.15) is 16.7 Å². The molecular weight excluding hydrogens is 318 g/mol. The Balaban J connectivity index is 1.71. The Hall–Kier alpha value is -3.08. The van der Waals surface area contributed by atoms with Gasteiger partial charge in [0.25, 0.3) is 0 Å². The van der Waals surface area contributed by atoms with Crippen molar-refractivity contribution in [1.29, 1.82) is 0 Å². The van der Waals surface area contributed by atoms with Crippen LogP contribution in [0.3, 0.4) is 0 Å². The number of nitrogens with zero attached hydrogens (tertiary/aromatic N) is 1. The van der Waals surface area contributed by atoms with Crippen LogP contribution in [0.15, 0.2) is 60.7 Å². The molecule has 0 bridgehead atoms. The SMILES string of the molecule is Cc1ccc(C2=C[C@@H](C(=O)O)N(C(=O)OCc3ccccc3)C2)cc1. The smallest absolute Gasteiger partial charge is 0.411 e. The minimum Gasteiger partial charge on any atom is -0.479 e. The van der Waals surface area contributed by atoms with Gasteiger partial charge in [0.2, 0.25) is 0 Å². The summed E-state index contributed by atoms with van der Waals surface area (Å²) in [5.74, 6) is -1.07. The lowest BCUT2D eigenvalue weighted by Crippen LogP contribution is -2.41. The summed E-state index contributed by atoms with van der Waals surface area (Å²) < 4.78 is 5.29. The van der Waals surface area contributed by atoms with Crippen LogP contribution in [0, 0.1) is 6.92 Å². The number of aryl methyl sites for hydroxylation is 1. The highest BCUT2D eigenvalue weighted by Crippen LogP contribution is 2.26. The van der Waals surface area contributed by atoms with E-state index in [4.69, 9.17) is 4.74 Å². The van der Waals surface area contributed by atoms with Gasteiger partial charge in [-0.2, -0.15) is 0 Å². The van der Waals surface area contributed by atoms with E-state index >= 15 is 0 Å². The number of carboxylic acid groups (broad SMARTS) is 1. The molecule has 0 aliphatic carbocycles. The standard InChI is InChI=1S/C20H19NO4/c1-14-7-9-16(10-8-14)17-11-18(19(22)23)21(12-17)20(24)25-13-15-5-3-2-4-6-15/h2-11,18H,12-13H2,1H3,(H,22,23)/t18-/m0/s1. The third kappa shape index (κ3) is 3.88. The number of ether oxygens (including phenoxy) is 1. The predicted molar refractivity (Wildman–Crippen MR) is 93.9 cm³/mol. The van der Waals surface area contributed by atoms with Crippen LogP contribution >= 0.6 is 0 Å². The highest BCUT2D eigenvalue weighted by Gasteiger charge is 2.35. The van der Waals surface area contributed by atoms with Crippen molar-refractivity contribution in [3.63, 3.8) is 0 Å². The second-order valence-corrected chi connectivity index (χ2v) is 6.01. The fourth-order valence-corrected chi connectivity index (χ4v) is 2.76. The lowest BCUT2D eigenvalue weighted by Gasteiger charge is -2.21. The Bertz CT molecular complexity index is 796. The molecule has 0 spiro atoms. The molecule has 1 atom stereocenters. The summed E-state index contributed by atoms with van der Waals surface area (Å²) in [5, 5.41) is 9.43. The molecule has 0 aromatic heterocycles. The molecule has 3 rings (SSSR count). The van der Waals surface area contributed by atoms with Gasteiger partial charge in [0.05, 0.1) is 6.54 Å². The number of rotatable bonds is 4. The van der Waals surface area contributed by atoms with Crippen molar-refractivity contribution in [1.82, 2.24) is 4.90 Å². The zero-order valence-corrected chi connectivity index (χ0v) is 13.9. The molecule has 128 valence electrons. The van der Waals surface area contributed by atoms with Gasteiger partial charge in [0.1, 0.15) is 6.61 Å². The topological polar surface area (TPSA) is 66.8 Å². The van der Waals surface area contributed by atoms with E-state index in [9.17, 15) is 14.7 Å². The second kappa shape index (κ2) is 7.21. The molecule has 1 aliphatic heterocycles. The van der Waals surface area contributed by atoms with Gasteiger partial charge in [-0.25, -0.2) is 9.59 Å². The highest BCUT2D eigenvalue weighted by molar-refractivity contribution is 5.89. The summed E-state index contributed by atoms with van der Waals surface area (Å²) in [6.45, 7) is 2.32. The Morgan fingerprint density at radius 1 is 1.12 bits per heavy atom. The van der Waals surface area contributed by atoms with Gasteiger partial charge in [-0.05, 0) is 29.7 Å². The van der Waals surface area contributed by atoms with Gasteiger partial charge in [-0.15, -0.1) is 0 Å². The molecule has 0 saturated heterocycles. The van der Waals surface area contributed by atoms with Crippen LogP contribution in [0.5, 0.6) is 0 Å². The molecule has 1 heterocycles. The van der Waals surface area contributed by atoms with E-state index in [1.807, 2.05) is 61.5 Å². The summed E-state index contributed by atoms with van der Waals surface area (Å²) in [5.41, 5.74) is 3.70. The van der Waals surface area contributed by atoms with Crippen molar-refractivity contribution < 1.29 is 19.4 Å². The predicted octanol–water partition coefficient (Wildman–Crippen LogP) is 3.48. The lowest BCUT2D eigenvalue weighted by molar-refractivity contribution is -0.140. The summed E-state index contributed by atoms with van der Waals surface area (Å²) in [6.07, 6.45) is 0.978. The minimum absolute atomic E-state index is 0.113. The highest BCUT2D eigenvalue weighted by atomic mass is 16.6. The van der Waals surface area contributed by atoms with E-state index in [2.05, 4.69) is 0 Å². The maximum absolute atomic E-state index is 12.4. The molecule has 2 aromatic rings. The maximum Gasteiger partial charge on any atom is 0.411 e. The van der Waals surface area contributed by atoms with E-state index in [1.165, 1.54) is 4.90 Å². The Kier molecular flexibility index (Phi) is 4.84. The third-order valence-electron chi connectivity index (χ3n) is 4.15. The van der Waals surface area contributed by atoms with Gasteiger partial charge >= 0.3 is 12.1 Å². The molecule has 5 heteroatoms. The van der Waals surface area contributed by atoms with Gasteiger partial charge in [-0.3, -0.25) is 4.90 Å². The fourth-order valence-electron chi connectivity index (χ4n) is 2.76. The minimum atomic E-state index is -1.07. The molecule has 0 fully saturated rings. The average Bonchev–Trinajstić information content (AvgIpc) is 3.07. The average molecular weight is 337 g/mol. The van der Waals surface area contributed by atoms with E-state index in [0.29, 0.717) is 0 Å². The molecule has 0 unspecified atom stereocenters. The number of aliphatic carboxylic acids is 1.